The summed E-state index contributed by atoms with van der Waals surface area (Å²) in [4.78, 5) is 15.1. The van der Waals surface area contributed by atoms with Gasteiger partial charge in [-0.1, -0.05) is 51.2 Å². The maximum atomic E-state index is 6.05. The summed E-state index contributed by atoms with van der Waals surface area (Å²) in [7, 11) is 0. The van der Waals surface area contributed by atoms with Crippen molar-refractivity contribution in [1.82, 2.24) is 0 Å². The molecule has 1 aromatic carbocycles. The summed E-state index contributed by atoms with van der Waals surface area (Å²) in [5.74, 6) is 1.31. The number of hydrogen-bond donors (Lipinski definition) is 1. The molecule has 23 heavy (non-hydrogen) atoms. The average molecular weight is 318 g/mol. The summed E-state index contributed by atoms with van der Waals surface area (Å²) >= 11 is 0. The number of unbranched alkanes of at least 4 members (excludes halogenated alkanes) is 5. The molecule has 0 aliphatic carbocycles. The predicted molar refractivity (Wildman–Crippen MR) is 89.4 cm³/mol. The van der Waals surface area contributed by atoms with Crippen LogP contribution >= 0.6 is 0 Å². The van der Waals surface area contributed by atoms with E-state index in [1.807, 2.05) is 18.2 Å². The molecule has 1 saturated heterocycles. The minimum atomic E-state index is -0.808. The van der Waals surface area contributed by atoms with Gasteiger partial charge in [-0.2, -0.15) is 0 Å². The Kier molecular flexibility index (Phi) is 5.18. The molecule has 5 heteroatoms. The third-order valence-corrected chi connectivity index (χ3v) is 4.47. The lowest BCUT2D eigenvalue weighted by Gasteiger charge is -2.21. The number of ether oxygens (including phenoxy) is 1. The quantitative estimate of drug-likeness (QED) is 0.587. The zero-order valence-corrected chi connectivity index (χ0v) is 13.8. The second-order valence-electron chi connectivity index (χ2n) is 6.23. The largest absolute Gasteiger partial charge is 0.493 e. The number of benzene rings is 1. The van der Waals surface area contributed by atoms with Crippen LogP contribution in [0.1, 0.15) is 63.0 Å². The summed E-state index contributed by atoms with van der Waals surface area (Å²) < 4.78 is 6.03. The number of fused-ring (bicyclic) bond motifs is 2. The van der Waals surface area contributed by atoms with E-state index in [9.17, 15) is 0 Å². The maximum absolute atomic E-state index is 6.05. The molecular formula is C18H26N2O3. The first kappa shape index (κ1) is 16.3. The van der Waals surface area contributed by atoms with Gasteiger partial charge in [0.1, 0.15) is 11.6 Å². The first-order chi connectivity index (χ1) is 11.3. The Morgan fingerprint density at radius 1 is 1.22 bits per heavy atom. The van der Waals surface area contributed by atoms with E-state index in [0.717, 1.165) is 23.3 Å². The van der Waals surface area contributed by atoms with Crippen LogP contribution in [0.2, 0.25) is 0 Å². The molecule has 0 bridgehead atoms. The first-order valence-electron chi connectivity index (χ1n) is 8.69. The zero-order chi connectivity index (χ0) is 16.1. The van der Waals surface area contributed by atoms with Crippen LogP contribution in [0.3, 0.4) is 0 Å². The van der Waals surface area contributed by atoms with Crippen molar-refractivity contribution >= 4 is 5.84 Å². The van der Waals surface area contributed by atoms with Crippen molar-refractivity contribution in [2.24, 2.45) is 10.7 Å². The third kappa shape index (κ3) is 3.35. The molecule has 2 aliphatic heterocycles. The van der Waals surface area contributed by atoms with Crippen LogP contribution in [0.5, 0.6) is 5.75 Å². The summed E-state index contributed by atoms with van der Waals surface area (Å²) in [6, 6.07) is 5.88. The molecule has 126 valence electrons. The molecule has 5 nitrogen and oxygen atoms in total. The number of amidine groups is 1. The number of aliphatic imine (C=N–C) groups is 1. The summed E-state index contributed by atoms with van der Waals surface area (Å²) in [5, 5.41) is 0. The van der Waals surface area contributed by atoms with Crippen molar-refractivity contribution in [3.8, 4) is 5.75 Å². The number of hydrogen-bond acceptors (Lipinski definition) is 5. The van der Waals surface area contributed by atoms with E-state index in [0.29, 0.717) is 25.5 Å². The van der Waals surface area contributed by atoms with E-state index in [1.54, 1.807) is 0 Å². The van der Waals surface area contributed by atoms with Gasteiger partial charge >= 0.3 is 0 Å². The normalized spacial score (nSPS) is 22.4. The Bertz CT molecular complexity index is 565. The van der Waals surface area contributed by atoms with Gasteiger partial charge < -0.3 is 10.5 Å². The van der Waals surface area contributed by atoms with Crippen LogP contribution in [0.15, 0.2) is 23.2 Å². The fourth-order valence-electron chi connectivity index (χ4n) is 3.25. The van der Waals surface area contributed by atoms with E-state index in [4.69, 9.17) is 20.2 Å². The van der Waals surface area contributed by atoms with E-state index >= 15 is 0 Å². The van der Waals surface area contributed by atoms with Crippen LogP contribution in [0.4, 0.5) is 0 Å². The highest BCUT2D eigenvalue weighted by atomic mass is 17.2. The summed E-state index contributed by atoms with van der Waals surface area (Å²) in [6.07, 6.45) is 8.13. The van der Waals surface area contributed by atoms with Gasteiger partial charge in [-0.3, -0.25) is 0 Å². The Balaban J connectivity index is 1.62. The molecule has 0 aromatic heterocycles. The minimum Gasteiger partial charge on any atom is -0.493 e. The van der Waals surface area contributed by atoms with Crippen LogP contribution in [-0.4, -0.2) is 19.0 Å². The Morgan fingerprint density at radius 3 is 2.83 bits per heavy atom. The second kappa shape index (κ2) is 7.32. The van der Waals surface area contributed by atoms with Gasteiger partial charge in [0.15, 0.2) is 0 Å². The third-order valence-electron chi connectivity index (χ3n) is 4.47. The van der Waals surface area contributed by atoms with Crippen molar-refractivity contribution in [2.45, 2.75) is 57.6 Å². The number of rotatable bonds is 8. The maximum Gasteiger partial charge on any atom is 0.226 e. The van der Waals surface area contributed by atoms with Gasteiger partial charge in [-0.25, -0.2) is 14.8 Å². The molecular weight excluding hydrogens is 292 g/mol. The highest BCUT2D eigenvalue weighted by Crippen LogP contribution is 2.46. The average Bonchev–Trinajstić information content (AvgIpc) is 3.13. The molecule has 3 rings (SSSR count). The van der Waals surface area contributed by atoms with E-state index in [2.05, 4.69) is 11.9 Å². The molecule has 1 atom stereocenters. The molecule has 2 N–H and O–H groups in total. The van der Waals surface area contributed by atoms with Crippen LogP contribution in [0, 0.1) is 0 Å². The van der Waals surface area contributed by atoms with Gasteiger partial charge in [0.25, 0.3) is 0 Å². The molecule has 1 spiro atoms. The lowest BCUT2D eigenvalue weighted by Crippen LogP contribution is -2.21. The lowest BCUT2D eigenvalue weighted by molar-refractivity contribution is -0.310. The zero-order valence-electron chi connectivity index (χ0n) is 13.8. The number of nitrogens with zero attached hydrogens (tertiary/aromatic N) is 1. The van der Waals surface area contributed by atoms with Gasteiger partial charge in [0, 0.05) is 12.0 Å². The van der Waals surface area contributed by atoms with E-state index in [-0.39, 0.29) is 0 Å². The van der Waals surface area contributed by atoms with Crippen molar-refractivity contribution < 1.29 is 14.5 Å². The molecule has 0 amide bonds. The van der Waals surface area contributed by atoms with Crippen LogP contribution in [0.25, 0.3) is 0 Å². The molecule has 1 unspecified atom stereocenters. The highest BCUT2D eigenvalue weighted by Gasteiger charge is 2.47. The van der Waals surface area contributed by atoms with Crippen molar-refractivity contribution in [3.05, 3.63) is 29.3 Å². The molecule has 2 heterocycles. The first-order valence-corrected chi connectivity index (χ1v) is 8.69. The van der Waals surface area contributed by atoms with Crippen LogP contribution in [-0.2, 0) is 15.5 Å². The number of nitrogens with two attached hydrogens (primary N) is 1. The van der Waals surface area contributed by atoms with E-state index < -0.39 is 5.72 Å². The van der Waals surface area contributed by atoms with Gasteiger partial charge in [-0.05, 0) is 12.5 Å². The van der Waals surface area contributed by atoms with Crippen molar-refractivity contribution in [2.75, 3.05) is 13.2 Å². The van der Waals surface area contributed by atoms with Crippen LogP contribution < -0.4 is 10.5 Å². The van der Waals surface area contributed by atoms with Crippen molar-refractivity contribution in [1.29, 1.82) is 0 Å². The Morgan fingerprint density at radius 2 is 2.04 bits per heavy atom. The van der Waals surface area contributed by atoms with E-state index in [1.165, 1.54) is 32.1 Å². The van der Waals surface area contributed by atoms with Crippen molar-refractivity contribution in [3.63, 3.8) is 0 Å². The summed E-state index contributed by atoms with van der Waals surface area (Å²) in [6.45, 7) is 3.46. The Hall–Kier alpha value is -1.59. The molecule has 0 saturated carbocycles. The topological polar surface area (TPSA) is 66.1 Å². The highest BCUT2D eigenvalue weighted by molar-refractivity contribution is 6.02. The SMILES string of the molecule is CCCCCCCCOc1cccc2c1C1(CCOO1)N=C2N. The lowest BCUT2D eigenvalue weighted by atomic mass is 9.97. The monoisotopic (exact) mass is 318 g/mol. The standard InChI is InChI=1S/C18H26N2O3/c1-2-3-4-5-6-7-12-21-15-10-8-9-14-16(15)18(20-17(14)19)11-13-22-23-18/h8-10H,2-7,11-13H2,1H3,(H2,19,20). The van der Waals surface area contributed by atoms with Gasteiger partial charge in [0.05, 0.1) is 18.8 Å². The molecule has 1 fully saturated rings. The fraction of sp³-hybridized carbons (Fsp3) is 0.611. The smallest absolute Gasteiger partial charge is 0.226 e. The predicted octanol–water partition coefficient (Wildman–Crippen LogP) is 3.65. The summed E-state index contributed by atoms with van der Waals surface area (Å²) in [5.41, 5.74) is 7.06. The molecule has 2 aliphatic rings. The fourth-order valence-corrected chi connectivity index (χ4v) is 3.25. The molecule has 0 radical (unpaired) electrons. The second-order valence-corrected chi connectivity index (χ2v) is 6.23. The van der Waals surface area contributed by atoms with Gasteiger partial charge in [-0.15, -0.1) is 0 Å². The van der Waals surface area contributed by atoms with Gasteiger partial charge in [0.2, 0.25) is 5.72 Å². The Labute approximate surface area is 137 Å². The minimum absolute atomic E-state index is 0.496. The molecule has 1 aromatic rings.